The minimum Gasteiger partial charge on any atom is -0.445 e. The van der Waals surface area contributed by atoms with Gasteiger partial charge in [-0.25, -0.2) is 9.59 Å². The summed E-state index contributed by atoms with van der Waals surface area (Å²) in [6.07, 6.45) is 2.94. The molecule has 0 aliphatic carbocycles. The number of ether oxygens (including phenoxy) is 3. The molecule has 2 heterocycles. The fraction of sp³-hybridized carbons (Fsp3) is 0.632. The number of anilines is 1. The number of nitrogens with two attached hydrogens (primary N) is 1. The van der Waals surface area contributed by atoms with Gasteiger partial charge in [-0.1, -0.05) is 118 Å². The van der Waals surface area contributed by atoms with Gasteiger partial charge in [-0.2, -0.15) is 0 Å². The molecule has 1 saturated heterocycles. The van der Waals surface area contributed by atoms with Gasteiger partial charge >= 0.3 is 12.1 Å². The predicted octanol–water partition coefficient (Wildman–Crippen LogP) is 5.08. The van der Waals surface area contributed by atoms with Gasteiger partial charge in [-0.15, -0.1) is 0 Å². The zero-order chi connectivity index (χ0) is 70.1. The zero-order valence-corrected chi connectivity index (χ0v) is 57.4. The Kier molecular flexibility index (Phi) is 32.1. The molecule has 2 unspecified atom stereocenters. The van der Waals surface area contributed by atoms with E-state index in [1.54, 1.807) is 109 Å². The number of hydrogen-bond donors (Lipinski definition) is 8. The number of urea groups is 1. The van der Waals surface area contributed by atoms with E-state index in [4.69, 9.17) is 19.9 Å². The first-order valence-corrected chi connectivity index (χ1v) is 32.9. The Morgan fingerprint density at radius 1 is 0.713 bits per heavy atom. The minimum absolute atomic E-state index is 0.0841. The third-order valence-corrected chi connectivity index (χ3v) is 17.7. The lowest BCUT2D eigenvalue weighted by Crippen LogP contribution is -2.60. The number of carbonyl (C=O) groups excluding carboxylic acids is 11. The van der Waals surface area contributed by atoms with Crippen molar-refractivity contribution in [2.24, 2.45) is 35.3 Å². The number of hydrogen-bond acceptors (Lipinski definition) is 15. The number of carbonyl (C=O) groups is 11. The first-order valence-electron chi connectivity index (χ1n) is 32.9. The van der Waals surface area contributed by atoms with Crippen molar-refractivity contribution in [2.45, 2.75) is 201 Å². The van der Waals surface area contributed by atoms with Gasteiger partial charge in [0, 0.05) is 72.2 Å². The quantitative estimate of drug-likeness (QED) is 0.0321. The summed E-state index contributed by atoms with van der Waals surface area (Å²) in [6, 6.07) is 8.74. The van der Waals surface area contributed by atoms with Crippen LogP contribution in [0, 0.1) is 29.6 Å². The molecule has 0 saturated carbocycles. The SMILES string of the molecule is CC[C@H](C)C([C@@H](CC(=O)N1CCC[C@H]1[C@H](OC)[C@@H](C)C(=O)N[C@H](C)[C@@H](O)c1ccccc1)OC)N(C)C(=O)[C@@H](NC(=O)[C@H](C(C)C)N(C)C(=O)OCc1ccc(NC(=O)C(CCCNC(N)=O)NC(=O)[C@@H](NC(=O)CCCCCN2C(=O)C=CC2=O)C(C)C)cc1)C(C)C. The third kappa shape index (κ3) is 22.9. The highest BCUT2D eigenvalue weighted by Gasteiger charge is 2.44. The highest BCUT2D eigenvalue weighted by Crippen LogP contribution is 2.31. The Balaban J connectivity index is 1.37. The lowest BCUT2D eigenvalue weighted by atomic mass is 9.89. The van der Waals surface area contributed by atoms with Crippen molar-refractivity contribution in [1.29, 1.82) is 0 Å². The number of nitrogens with zero attached hydrogens (tertiary/aromatic N) is 4. The molecule has 2 aromatic carbocycles. The number of methoxy groups -OCH3 is 2. The van der Waals surface area contributed by atoms with Crippen molar-refractivity contribution in [1.82, 2.24) is 46.2 Å². The summed E-state index contributed by atoms with van der Waals surface area (Å²) in [5.74, 6) is -6.02. The molecule has 0 spiro atoms. The highest BCUT2D eigenvalue weighted by atomic mass is 16.6. The van der Waals surface area contributed by atoms with Crippen molar-refractivity contribution in [3.63, 3.8) is 0 Å². The highest BCUT2D eigenvalue weighted by molar-refractivity contribution is 6.12. The lowest BCUT2D eigenvalue weighted by Gasteiger charge is -2.41. The molecule has 12 atom stereocenters. The Bertz CT molecular complexity index is 2880. The fourth-order valence-electron chi connectivity index (χ4n) is 12.1. The first-order chi connectivity index (χ1) is 44.5. The summed E-state index contributed by atoms with van der Waals surface area (Å²) >= 11 is 0. The topological polar surface area (TPSA) is 347 Å². The fourth-order valence-corrected chi connectivity index (χ4v) is 12.1. The monoisotopic (exact) mass is 1320 g/mol. The van der Waals surface area contributed by atoms with E-state index >= 15 is 0 Å². The van der Waals surface area contributed by atoms with Crippen LogP contribution in [-0.2, 0) is 64.0 Å². The van der Waals surface area contributed by atoms with Crippen LogP contribution in [0.4, 0.5) is 15.3 Å². The molecule has 2 aromatic rings. The Labute approximate surface area is 554 Å². The van der Waals surface area contributed by atoms with Gasteiger partial charge in [0.05, 0.1) is 48.8 Å². The van der Waals surface area contributed by atoms with E-state index < -0.39 is 114 Å². The molecule has 94 heavy (non-hydrogen) atoms. The number of amides is 12. The molecule has 1 fully saturated rings. The molecule has 0 radical (unpaired) electrons. The normalized spacial score (nSPS) is 17.4. The summed E-state index contributed by atoms with van der Waals surface area (Å²) in [4.78, 5) is 152. The smallest absolute Gasteiger partial charge is 0.410 e. The summed E-state index contributed by atoms with van der Waals surface area (Å²) in [7, 11) is 6.08. The summed E-state index contributed by atoms with van der Waals surface area (Å²) < 4.78 is 17.7. The molecule has 2 aliphatic rings. The number of imide groups is 1. The number of unbranched alkanes of at least 4 members (excludes halogenated alkanes) is 2. The first kappa shape index (κ1) is 78.5. The number of likely N-dealkylation sites (tertiary alicyclic amines) is 1. The van der Waals surface area contributed by atoms with Crippen LogP contribution in [0.2, 0.25) is 0 Å². The second-order valence-electron chi connectivity index (χ2n) is 25.8. The summed E-state index contributed by atoms with van der Waals surface area (Å²) in [5, 5.41) is 27.6. The average Bonchev–Trinajstić information content (AvgIpc) is 1.33. The van der Waals surface area contributed by atoms with Gasteiger partial charge in [0.15, 0.2) is 0 Å². The molecule has 0 bridgehead atoms. The van der Waals surface area contributed by atoms with Crippen LogP contribution in [0.15, 0.2) is 66.7 Å². The number of aliphatic hydroxyl groups excluding tert-OH is 1. The number of rotatable bonds is 38. The van der Waals surface area contributed by atoms with Gasteiger partial charge in [-0.3, -0.25) is 53.0 Å². The van der Waals surface area contributed by atoms with Crippen LogP contribution < -0.4 is 37.6 Å². The Hall–Kier alpha value is -7.97. The molecular weight excluding hydrogens is 1210 g/mol. The molecule has 0 aromatic heterocycles. The summed E-state index contributed by atoms with van der Waals surface area (Å²) in [6.45, 7) is 18.6. The summed E-state index contributed by atoms with van der Waals surface area (Å²) in [5.41, 5.74) is 6.77. The van der Waals surface area contributed by atoms with Crippen LogP contribution in [0.3, 0.4) is 0 Å². The van der Waals surface area contributed by atoms with Crippen LogP contribution >= 0.6 is 0 Å². The van der Waals surface area contributed by atoms with Gasteiger partial charge in [0.1, 0.15) is 30.8 Å². The molecule has 12 amide bonds. The van der Waals surface area contributed by atoms with Crippen molar-refractivity contribution < 1.29 is 72.1 Å². The van der Waals surface area contributed by atoms with Crippen molar-refractivity contribution >= 4 is 71.0 Å². The lowest BCUT2D eigenvalue weighted by molar-refractivity contribution is -0.148. The van der Waals surface area contributed by atoms with Gasteiger partial charge in [-0.05, 0) is 92.4 Å². The molecule has 522 valence electrons. The van der Waals surface area contributed by atoms with Crippen molar-refractivity contribution in [2.75, 3.05) is 53.3 Å². The molecular formula is C68H105N11O15. The van der Waals surface area contributed by atoms with E-state index in [9.17, 15) is 57.8 Å². The molecule has 26 heteroatoms. The number of primary amides is 1. The Morgan fingerprint density at radius 2 is 1.35 bits per heavy atom. The van der Waals surface area contributed by atoms with Gasteiger partial charge in [0.2, 0.25) is 41.4 Å². The maximum Gasteiger partial charge on any atom is 0.410 e. The van der Waals surface area contributed by atoms with Crippen LogP contribution in [0.5, 0.6) is 0 Å². The van der Waals surface area contributed by atoms with Crippen molar-refractivity contribution in [3.8, 4) is 0 Å². The van der Waals surface area contributed by atoms with Gasteiger partial charge in [0.25, 0.3) is 11.8 Å². The van der Waals surface area contributed by atoms with E-state index in [-0.39, 0.29) is 86.8 Å². The van der Waals surface area contributed by atoms with E-state index in [2.05, 4.69) is 31.9 Å². The van der Waals surface area contributed by atoms with Gasteiger partial charge < -0.3 is 66.8 Å². The predicted molar refractivity (Wildman–Crippen MR) is 353 cm³/mol. The molecule has 4 rings (SSSR count). The van der Waals surface area contributed by atoms with E-state index in [1.165, 1.54) is 38.3 Å². The van der Waals surface area contributed by atoms with E-state index in [1.807, 2.05) is 32.0 Å². The Morgan fingerprint density at radius 3 is 1.93 bits per heavy atom. The van der Waals surface area contributed by atoms with Crippen molar-refractivity contribution in [3.05, 3.63) is 77.9 Å². The van der Waals surface area contributed by atoms with Crippen LogP contribution in [0.25, 0.3) is 0 Å². The number of nitrogens with one attached hydrogen (secondary N) is 6. The molecule has 26 nitrogen and oxygen atoms in total. The molecule has 9 N–H and O–H groups in total. The largest absolute Gasteiger partial charge is 0.445 e. The second-order valence-corrected chi connectivity index (χ2v) is 25.8. The average molecular weight is 1320 g/mol. The van der Waals surface area contributed by atoms with E-state index in [0.29, 0.717) is 61.9 Å². The number of aliphatic hydroxyl groups is 1. The maximum atomic E-state index is 14.8. The standard InChI is InChI=1S/C68H105N11O15/c1-15-43(8)59(51(92-13)38-55(83)78-37-23-27-50(78)61(93-14)44(9)62(85)71-45(10)60(84)47-24-18-16-19-25-47)76(11)66(89)57(41(4)5)75-65(88)58(42(6)7)77(12)68(91)94-39-46-29-31-48(32-30-46)72-63(86)49(26-22-35-70-67(69)90)73-64(87)56(40(2)3)74-52(80)28-20-17-21-36-79-53(81)33-34-54(79)82/h16,18-19,24-25,29-34,40-45,49-51,56-61,84H,15,17,20-23,26-28,35-39H2,1-14H3,(H,71,85)(H,72,86)(H,73,87)(H,74,80)(H,75,88)(H3,69,70,90)/t43-,44+,45+,49?,50-,51+,56-,57-,58-,59?,60+,61+/m0/s1. The zero-order valence-electron chi connectivity index (χ0n) is 57.4. The van der Waals surface area contributed by atoms with E-state index in [0.717, 1.165) is 4.90 Å². The van der Waals surface area contributed by atoms with Crippen LogP contribution in [0.1, 0.15) is 151 Å². The molecule has 2 aliphatic heterocycles. The third-order valence-electron chi connectivity index (χ3n) is 17.7. The van der Waals surface area contributed by atoms with Crippen LogP contribution in [-0.4, -0.2) is 192 Å². The maximum absolute atomic E-state index is 14.8. The number of likely N-dealkylation sites (N-methyl/N-ethyl adjacent to an activating group) is 2. The minimum atomic E-state index is -1.11. The second kappa shape index (κ2) is 38.4. The number of benzene rings is 2.